The predicted octanol–water partition coefficient (Wildman–Crippen LogP) is 6.58. The molecule has 0 atom stereocenters. The van der Waals surface area contributed by atoms with Gasteiger partial charge in [0.15, 0.2) is 0 Å². The number of rotatable bonds is 9. The highest BCUT2D eigenvalue weighted by Crippen LogP contribution is 2.43. The molecule has 1 fully saturated rings. The number of amides is 1. The van der Waals surface area contributed by atoms with Crippen LogP contribution in [-0.2, 0) is 19.9 Å². The number of allylic oxidation sites excluding steroid dienone is 1. The van der Waals surface area contributed by atoms with E-state index in [0.29, 0.717) is 12.1 Å². The number of carbonyl (C=O) groups is 1. The monoisotopic (exact) mass is 738 g/mol. The number of hydrogen-bond donors (Lipinski definition) is 2. The van der Waals surface area contributed by atoms with E-state index < -0.39 is 46.8 Å². The molecule has 5 rings (SSSR count). The van der Waals surface area contributed by atoms with Gasteiger partial charge in [0, 0.05) is 56.0 Å². The summed E-state index contributed by atoms with van der Waals surface area (Å²) in [7, 11) is -9.16. The Morgan fingerprint density at radius 1 is 0.918 bits per heavy atom. The number of piperazine rings is 1. The summed E-state index contributed by atoms with van der Waals surface area (Å²) >= 11 is 6.14. The Hall–Kier alpha value is -3.59. The fraction of sp³-hybridized carbons (Fsp3) is 0.382. The van der Waals surface area contributed by atoms with Gasteiger partial charge in [-0.25, -0.2) is 21.6 Å². The van der Waals surface area contributed by atoms with Crippen molar-refractivity contribution in [3.05, 3.63) is 88.5 Å². The number of nitrogens with one attached hydrogen (secondary N) is 2. The molecule has 1 heterocycles. The van der Waals surface area contributed by atoms with Gasteiger partial charge in [-0.05, 0) is 90.4 Å². The van der Waals surface area contributed by atoms with Crippen LogP contribution >= 0.6 is 11.6 Å². The van der Waals surface area contributed by atoms with Gasteiger partial charge in [-0.1, -0.05) is 43.2 Å². The van der Waals surface area contributed by atoms with Crippen molar-refractivity contribution in [2.24, 2.45) is 5.41 Å². The molecule has 0 saturated carbocycles. The third-order valence-electron chi connectivity index (χ3n) is 9.00. The highest BCUT2D eigenvalue weighted by atomic mass is 35.5. The summed E-state index contributed by atoms with van der Waals surface area (Å²) in [5.41, 5.74) is -0.914. The Labute approximate surface area is 290 Å². The number of alkyl halides is 3. The van der Waals surface area contributed by atoms with Crippen molar-refractivity contribution >= 4 is 54.3 Å². The molecule has 1 aliphatic heterocycles. The van der Waals surface area contributed by atoms with Gasteiger partial charge in [-0.2, -0.15) is 13.2 Å². The van der Waals surface area contributed by atoms with Crippen LogP contribution < -0.4 is 14.9 Å². The van der Waals surface area contributed by atoms with Crippen LogP contribution in [0.4, 0.5) is 24.5 Å². The average Bonchev–Trinajstić information content (AvgIpc) is 3.04. The van der Waals surface area contributed by atoms with Gasteiger partial charge < -0.3 is 10.2 Å². The van der Waals surface area contributed by atoms with Crippen LogP contribution in [0.15, 0.2) is 82.1 Å². The van der Waals surface area contributed by atoms with Crippen molar-refractivity contribution < 1.29 is 34.8 Å². The van der Waals surface area contributed by atoms with E-state index in [-0.39, 0.29) is 11.0 Å². The van der Waals surface area contributed by atoms with Crippen LogP contribution in [0, 0.1) is 5.41 Å². The maximum atomic E-state index is 13.1. The second kappa shape index (κ2) is 14.0. The van der Waals surface area contributed by atoms with Crippen LogP contribution in [0.1, 0.15) is 49.0 Å². The number of anilines is 2. The first-order valence-corrected chi connectivity index (χ1v) is 19.0. The Balaban J connectivity index is 1.22. The minimum Gasteiger partial charge on any atom is -0.387 e. The molecule has 1 saturated heterocycles. The van der Waals surface area contributed by atoms with E-state index in [2.05, 4.69) is 41.1 Å². The Kier molecular flexibility index (Phi) is 10.5. The Morgan fingerprint density at radius 3 is 2.14 bits per heavy atom. The van der Waals surface area contributed by atoms with Gasteiger partial charge in [0.25, 0.3) is 25.8 Å². The molecule has 15 heteroatoms. The molecule has 264 valence electrons. The number of sulfone groups is 1. The summed E-state index contributed by atoms with van der Waals surface area (Å²) in [5.74, 6) is -0.950. The maximum Gasteiger partial charge on any atom is 0.501 e. The van der Waals surface area contributed by atoms with Crippen molar-refractivity contribution in [2.45, 2.75) is 48.4 Å². The lowest BCUT2D eigenvalue weighted by atomic mass is 9.73. The van der Waals surface area contributed by atoms with Gasteiger partial charge in [-0.15, -0.1) is 0 Å². The zero-order valence-corrected chi connectivity index (χ0v) is 29.7. The molecule has 0 aromatic heterocycles. The lowest BCUT2D eigenvalue weighted by molar-refractivity contribution is -0.0435. The van der Waals surface area contributed by atoms with Crippen molar-refractivity contribution in [1.82, 2.24) is 9.62 Å². The third kappa shape index (κ3) is 8.25. The topological polar surface area (TPSA) is 116 Å². The normalized spacial score (nSPS) is 17.6. The number of halogens is 4. The predicted molar refractivity (Wildman–Crippen MR) is 185 cm³/mol. The minimum absolute atomic E-state index is 0.0534. The molecule has 0 bridgehead atoms. The summed E-state index contributed by atoms with van der Waals surface area (Å²) < 4.78 is 90.8. The highest BCUT2D eigenvalue weighted by molar-refractivity contribution is 7.92. The Bertz CT molecular complexity index is 1960. The maximum absolute atomic E-state index is 13.1. The molecular weight excluding hydrogens is 701 g/mol. The fourth-order valence-electron chi connectivity index (χ4n) is 6.29. The van der Waals surface area contributed by atoms with E-state index in [0.717, 1.165) is 75.8 Å². The summed E-state index contributed by atoms with van der Waals surface area (Å²) in [6, 6.07) is 16.5. The fourth-order valence-corrected chi connectivity index (χ4v) is 8.37. The first-order chi connectivity index (χ1) is 22.9. The van der Waals surface area contributed by atoms with Crippen LogP contribution in [0.3, 0.4) is 0 Å². The van der Waals surface area contributed by atoms with Gasteiger partial charge in [0.05, 0.1) is 15.5 Å². The van der Waals surface area contributed by atoms with E-state index in [9.17, 15) is 34.8 Å². The SMILES string of the molecule is CNc1cc(S(=O)(=O)NC(=O)c2ccc(N3CCN(CC4=C(c5ccc(Cl)cc5)CCC(C)(C)C4)CC3)cc2)ccc1S(=O)(=O)C(F)(F)F. The Morgan fingerprint density at radius 2 is 1.55 bits per heavy atom. The largest absolute Gasteiger partial charge is 0.501 e. The molecular formula is C34H38ClF3N4O5S2. The standard InChI is InChI=1S/C34H38ClF3N4O5S2/c1-33(2)15-14-29(23-4-8-26(35)9-5-23)25(21-33)22-41-16-18-42(19-17-41)27-10-6-24(7-11-27)32(43)40-49(46,47)28-12-13-31(30(20-28)39-3)48(44,45)34(36,37)38/h4-13,20,39H,14-19,21-22H2,1-3H3,(H,40,43). The summed E-state index contributed by atoms with van der Waals surface area (Å²) in [5, 5.41) is 2.99. The molecule has 2 aliphatic rings. The van der Waals surface area contributed by atoms with E-state index in [1.807, 2.05) is 16.9 Å². The van der Waals surface area contributed by atoms with E-state index >= 15 is 0 Å². The molecule has 0 unspecified atom stereocenters. The summed E-state index contributed by atoms with van der Waals surface area (Å²) in [6.45, 7) is 8.74. The average molecular weight is 739 g/mol. The second-order valence-corrected chi connectivity index (χ2v) is 17.1. The van der Waals surface area contributed by atoms with Crippen LogP contribution in [-0.4, -0.2) is 72.9 Å². The van der Waals surface area contributed by atoms with Crippen molar-refractivity contribution in [3.63, 3.8) is 0 Å². The number of benzene rings is 3. The molecule has 0 radical (unpaired) electrons. The van der Waals surface area contributed by atoms with Gasteiger partial charge in [0.1, 0.15) is 0 Å². The smallest absolute Gasteiger partial charge is 0.387 e. The van der Waals surface area contributed by atoms with Gasteiger partial charge >= 0.3 is 5.51 Å². The molecule has 0 spiro atoms. The van der Waals surface area contributed by atoms with E-state index in [1.165, 1.54) is 28.8 Å². The van der Waals surface area contributed by atoms with Gasteiger partial charge in [0.2, 0.25) is 0 Å². The summed E-state index contributed by atoms with van der Waals surface area (Å²) in [6.07, 6.45) is 3.19. The van der Waals surface area contributed by atoms with Crippen molar-refractivity contribution in [1.29, 1.82) is 0 Å². The van der Waals surface area contributed by atoms with Crippen molar-refractivity contribution in [2.75, 3.05) is 50.0 Å². The molecule has 1 aliphatic carbocycles. The number of nitrogens with zero attached hydrogens (tertiary/aromatic N) is 2. The minimum atomic E-state index is -5.75. The first kappa shape index (κ1) is 36.7. The lowest BCUT2D eigenvalue weighted by Crippen LogP contribution is -2.47. The molecule has 1 amide bonds. The third-order valence-corrected chi connectivity index (χ3v) is 12.1. The summed E-state index contributed by atoms with van der Waals surface area (Å²) in [4.78, 5) is 15.8. The zero-order valence-electron chi connectivity index (χ0n) is 27.3. The number of sulfonamides is 1. The zero-order chi connectivity index (χ0) is 35.8. The highest BCUT2D eigenvalue weighted by Gasteiger charge is 2.48. The van der Waals surface area contributed by atoms with Gasteiger partial charge in [-0.3, -0.25) is 9.69 Å². The van der Waals surface area contributed by atoms with Crippen molar-refractivity contribution in [3.8, 4) is 0 Å². The quantitative estimate of drug-likeness (QED) is 0.253. The molecule has 9 nitrogen and oxygen atoms in total. The molecule has 49 heavy (non-hydrogen) atoms. The number of carbonyl (C=O) groups excluding carboxylic acids is 1. The van der Waals surface area contributed by atoms with Crippen LogP contribution in [0.2, 0.25) is 5.02 Å². The van der Waals surface area contributed by atoms with Crippen LogP contribution in [0.25, 0.3) is 5.57 Å². The van der Waals surface area contributed by atoms with Crippen LogP contribution in [0.5, 0.6) is 0 Å². The first-order valence-electron chi connectivity index (χ1n) is 15.6. The van der Waals surface area contributed by atoms with E-state index in [1.54, 1.807) is 12.1 Å². The van der Waals surface area contributed by atoms with E-state index in [4.69, 9.17) is 11.6 Å². The molecule has 3 aromatic carbocycles. The second-order valence-electron chi connectivity index (χ2n) is 13.0. The molecule has 2 N–H and O–H groups in total. The number of hydrogen-bond acceptors (Lipinski definition) is 8. The lowest BCUT2D eigenvalue weighted by Gasteiger charge is -2.39. The molecule has 3 aromatic rings.